The number of carbonyl (C=O) groups is 1. The van der Waals surface area contributed by atoms with Crippen LogP contribution in [0.15, 0.2) is 42.5 Å². The summed E-state index contributed by atoms with van der Waals surface area (Å²) in [6, 6.07) is 13.0. The van der Waals surface area contributed by atoms with Crippen molar-refractivity contribution in [1.29, 1.82) is 0 Å². The number of nitrogen functional groups attached to an aromatic ring is 1. The van der Waals surface area contributed by atoms with Crippen LogP contribution in [-0.2, 0) is 6.42 Å². The molecule has 0 aliphatic carbocycles. The predicted molar refractivity (Wildman–Crippen MR) is 76.8 cm³/mol. The number of ether oxygens (including phenoxy) is 1. The Bertz CT molecular complexity index is 588. The molecule has 0 aromatic heterocycles. The molecule has 0 atom stereocenters. The lowest BCUT2D eigenvalue weighted by Gasteiger charge is -2.08. The van der Waals surface area contributed by atoms with Gasteiger partial charge in [-0.1, -0.05) is 19.1 Å². The number of ketones is 1. The molecule has 0 saturated heterocycles. The van der Waals surface area contributed by atoms with Gasteiger partial charge in [0.05, 0.1) is 0 Å². The van der Waals surface area contributed by atoms with E-state index in [0.717, 1.165) is 12.2 Å². The molecule has 0 heterocycles. The lowest BCUT2D eigenvalue weighted by atomic mass is 10.1. The van der Waals surface area contributed by atoms with Gasteiger partial charge in [0.25, 0.3) is 0 Å². The molecule has 98 valence electrons. The zero-order valence-electron chi connectivity index (χ0n) is 11.1. The number of nitrogens with two attached hydrogens (primary N) is 1. The molecule has 0 spiro atoms. The molecule has 2 aromatic rings. The molecule has 0 unspecified atom stereocenters. The van der Waals surface area contributed by atoms with Gasteiger partial charge in [0, 0.05) is 17.3 Å². The minimum atomic E-state index is -0.0450. The monoisotopic (exact) mass is 255 g/mol. The molecule has 2 rings (SSSR count). The van der Waals surface area contributed by atoms with Gasteiger partial charge in [-0.05, 0) is 43.2 Å². The third-order valence-electron chi connectivity index (χ3n) is 2.97. The summed E-state index contributed by atoms with van der Waals surface area (Å²) >= 11 is 0. The van der Waals surface area contributed by atoms with Crippen LogP contribution in [0.25, 0.3) is 0 Å². The summed E-state index contributed by atoms with van der Waals surface area (Å²) in [4.78, 5) is 11.3. The van der Waals surface area contributed by atoms with Gasteiger partial charge in [0.2, 0.25) is 0 Å². The molecular formula is C16H17NO2. The second-order valence-corrected chi connectivity index (χ2v) is 4.40. The highest BCUT2D eigenvalue weighted by atomic mass is 16.5. The zero-order valence-corrected chi connectivity index (χ0v) is 11.1. The van der Waals surface area contributed by atoms with Crippen LogP contribution in [0, 0.1) is 0 Å². The van der Waals surface area contributed by atoms with Crippen LogP contribution in [0.2, 0.25) is 0 Å². The minimum absolute atomic E-state index is 0.0450. The molecule has 0 saturated carbocycles. The predicted octanol–water partition coefficient (Wildman–Crippen LogP) is 3.83. The topological polar surface area (TPSA) is 52.3 Å². The Kier molecular flexibility index (Phi) is 3.85. The van der Waals surface area contributed by atoms with Crippen molar-refractivity contribution in [3.05, 3.63) is 53.6 Å². The Morgan fingerprint density at radius 1 is 1.11 bits per heavy atom. The summed E-state index contributed by atoms with van der Waals surface area (Å²) in [7, 11) is 0. The Hall–Kier alpha value is -2.29. The number of rotatable bonds is 4. The normalized spacial score (nSPS) is 10.2. The molecular weight excluding hydrogens is 238 g/mol. The average molecular weight is 255 g/mol. The van der Waals surface area contributed by atoms with Gasteiger partial charge in [0.15, 0.2) is 5.78 Å². The first-order valence-electron chi connectivity index (χ1n) is 6.27. The van der Waals surface area contributed by atoms with Crippen LogP contribution in [0.5, 0.6) is 11.5 Å². The highest BCUT2D eigenvalue weighted by Gasteiger charge is 2.06. The smallest absolute Gasteiger partial charge is 0.161 e. The molecule has 2 aromatic carbocycles. The van der Waals surface area contributed by atoms with Gasteiger partial charge in [0.1, 0.15) is 11.5 Å². The first kappa shape index (κ1) is 13.1. The van der Waals surface area contributed by atoms with E-state index in [1.807, 2.05) is 24.3 Å². The molecule has 0 bridgehead atoms. The van der Waals surface area contributed by atoms with Crippen molar-refractivity contribution in [2.24, 2.45) is 0 Å². The highest BCUT2D eigenvalue weighted by molar-refractivity contribution is 5.99. The summed E-state index contributed by atoms with van der Waals surface area (Å²) < 4.78 is 5.70. The van der Waals surface area contributed by atoms with Crippen LogP contribution in [0.1, 0.15) is 29.8 Å². The van der Waals surface area contributed by atoms with E-state index in [1.54, 1.807) is 18.2 Å². The number of carbonyl (C=O) groups excluding carboxylic acids is 1. The first-order chi connectivity index (χ1) is 9.10. The largest absolute Gasteiger partial charge is 0.457 e. The summed E-state index contributed by atoms with van der Waals surface area (Å²) in [6.07, 6.45) is 1.00. The molecule has 3 nitrogen and oxygen atoms in total. The van der Waals surface area contributed by atoms with Crippen molar-refractivity contribution in [3.8, 4) is 11.5 Å². The number of anilines is 1. The van der Waals surface area contributed by atoms with E-state index in [4.69, 9.17) is 10.5 Å². The van der Waals surface area contributed by atoms with Crippen molar-refractivity contribution in [3.63, 3.8) is 0 Å². The quantitative estimate of drug-likeness (QED) is 0.667. The number of benzene rings is 2. The number of Topliss-reactive ketones (excluding diaryl/α,β-unsaturated/α-hetero) is 1. The Labute approximate surface area is 113 Å². The Balaban J connectivity index is 2.18. The Morgan fingerprint density at radius 3 is 2.26 bits per heavy atom. The van der Waals surface area contributed by atoms with Crippen LogP contribution >= 0.6 is 0 Å². The summed E-state index contributed by atoms with van der Waals surface area (Å²) in [6.45, 7) is 3.60. The maximum absolute atomic E-state index is 11.3. The third kappa shape index (κ3) is 3.13. The molecule has 0 aliphatic heterocycles. The van der Waals surface area contributed by atoms with E-state index in [1.165, 1.54) is 12.5 Å². The summed E-state index contributed by atoms with van der Waals surface area (Å²) in [5.74, 6) is 1.34. The van der Waals surface area contributed by atoms with Crippen LogP contribution in [0.4, 0.5) is 5.69 Å². The average Bonchev–Trinajstić information content (AvgIpc) is 2.39. The van der Waals surface area contributed by atoms with Gasteiger partial charge in [-0.3, -0.25) is 4.79 Å². The van der Waals surface area contributed by atoms with Crippen LogP contribution in [-0.4, -0.2) is 5.78 Å². The van der Waals surface area contributed by atoms with Gasteiger partial charge in [-0.2, -0.15) is 0 Å². The van der Waals surface area contributed by atoms with E-state index in [-0.39, 0.29) is 5.78 Å². The fraction of sp³-hybridized carbons (Fsp3) is 0.188. The van der Waals surface area contributed by atoms with Crippen LogP contribution in [0.3, 0.4) is 0 Å². The second-order valence-electron chi connectivity index (χ2n) is 4.40. The zero-order chi connectivity index (χ0) is 13.8. The lowest BCUT2D eigenvalue weighted by molar-refractivity contribution is 0.101. The molecule has 0 amide bonds. The SMILES string of the molecule is CCc1ccc(Oc2ccc(C(C)=O)c(N)c2)cc1. The fourth-order valence-corrected chi connectivity index (χ4v) is 1.85. The molecule has 2 N–H and O–H groups in total. The van der Waals surface area contributed by atoms with Gasteiger partial charge < -0.3 is 10.5 Å². The maximum Gasteiger partial charge on any atom is 0.161 e. The maximum atomic E-state index is 11.3. The van der Waals surface area contributed by atoms with Crippen molar-refractivity contribution in [2.75, 3.05) is 5.73 Å². The number of hydrogen-bond acceptors (Lipinski definition) is 3. The van der Waals surface area contributed by atoms with E-state index in [0.29, 0.717) is 17.0 Å². The first-order valence-corrected chi connectivity index (χ1v) is 6.27. The summed E-state index contributed by atoms with van der Waals surface area (Å²) in [5, 5.41) is 0. The van der Waals surface area contributed by atoms with Crippen molar-refractivity contribution in [2.45, 2.75) is 20.3 Å². The van der Waals surface area contributed by atoms with E-state index >= 15 is 0 Å². The van der Waals surface area contributed by atoms with Gasteiger partial charge in [-0.25, -0.2) is 0 Å². The van der Waals surface area contributed by atoms with E-state index in [9.17, 15) is 4.79 Å². The molecule has 3 heteroatoms. The van der Waals surface area contributed by atoms with Crippen molar-refractivity contribution in [1.82, 2.24) is 0 Å². The molecule has 0 radical (unpaired) electrons. The highest BCUT2D eigenvalue weighted by Crippen LogP contribution is 2.25. The minimum Gasteiger partial charge on any atom is -0.457 e. The Morgan fingerprint density at radius 2 is 1.74 bits per heavy atom. The van der Waals surface area contributed by atoms with Gasteiger partial charge >= 0.3 is 0 Å². The molecule has 19 heavy (non-hydrogen) atoms. The van der Waals surface area contributed by atoms with Crippen molar-refractivity contribution >= 4 is 11.5 Å². The fourth-order valence-electron chi connectivity index (χ4n) is 1.85. The van der Waals surface area contributed by atoms with E-state index in [2.05, 4.69) is 6.92 Å². The van der Waals surface area contributed by atoms with E-state index < -0.39 is 0 Å². The lowest BCUT2D eigenvalue weighted by Crippen LogP contribution is -1.99. The third-order valence-corrected chi connectivity index (χ3v) is 2.97. The standard InChI is InChI=1S/C16H17NO2/c1-3-12-4-6-13(7-5-12)19-14-8-9-15(11(2)18)16(17)10-14/h4-10H,3,17H2,1-2H3. The van der Waals surface area contributed by atoms with Crippen molar-refractivity contribution < 1.29 is 9.53 Å². The summed E-state index contributed by atoms with van der Waals surface area (Å²) in [5.41, 5.74) is 8.05. The molecule has 0 fully saturated rings. The number of aryl methyl sites for hydroxylation is 1. The molecule has 0 aliphatic rings. The van der Waals surface area contributed by atoms with Gasteiger partial charge in [-0.15, -0.1) is 0 Å². The second kappa shape index (κ2) is 5.57. The number of hydrogen-bond donors (Lipinski definition) is 1. The van der Waals surface area contributed by atoms with Crippen LogP contribution < -0.4 is 10.5 Å².